The summed E-state index contributed by atoms with van der Waals surface area (Å²) in [5, 5.41) is 3.03. The third kappa shape index (κ3) is 4.25. The van der Waals surface area contributed by atoms with Gasteiger partial charge < -0.3 is 20.7 Å². The van der Waals surface area contributed by atoms with E-state index in [1.54, 1.807) is 12.0 Å². The minimum absolute atomic E-state index is 0. The molecule has 0 bridgehead atoms. The summed E-state index contributed by atoms with van der Waals surface area (Å²) in [6.45, 7) is 2.80. The monoisotopic (exact) mass is 367 g/mol. The van der Waals surface area contributed by atoms with Gasteiger partial charge in [0.25, 0.3) is 0 Å². The van der Waals surface area contributed by atoms with Gasteiger partial charge in [-0.25, -0.2) is 0 Å². The number of rotatable bonds is 6. The highest BCUT2D eigenvalue weighted by atomic mass is 35.5. The van der Waals surface area contributed by atoms with Crippen molar-refractivity contribution in [2.24, 2.45) is 17.6 Å². The molecular formula is C18H26ClN3O3. The SMILES string of the molecule is COc1ccc(C)cc1N1CC(C(=O)NC(CN)C2CC2)CC1=O.Cl. The van der Waals surface area contributed by atoms with Gasteiger partial charge in [0.15, 0.2) is 0 Å². The molecular weight excluding hydrogens is 342 g/mol. The molecule has 1 aromatic rings. The molecule has 2 unspecified atom stereocenters. The topological polar surface area (TPSA) is 84.7 Å². The van der Waals surface area contributed by atoms with E-state index in [4.69, 9.17) is 10.5 Å². The van der Waals surface area contributed by atoms with Gasteiger partial charge in [0.2, 0.25) is 11.8 Å². The van der Waals surface area contributed by atoms with Crippen LogP contribution in [0.4, 0.5) is 5.69 Å². The molecule has 2 aliphatic rings. The Morgan fingerprint density at radius 1 is 1.44 bits per heavy atom. The number of benzene rings is 1. The number of anilines is 1. The summed E-state index contributed by atoms with van der Waals surface area (Å²) >= 11 is 0. The summed E-state index contributed by atoms with van der Waals surface area (Å²) in [6.07, 6.45) is 2.47. The summed E-state index contributed by atoms with van der Waals surface area (Å²) in [5.41, 5.74) is 7.53. The third-order valence-corrected chi connectivity index (χ3v) is 4.89. The average Bonchev–Trinajstić information content (AvgIpc) is 3.34. The van der Waals surface area contributed by atoms with Crippen molar-refractivity contribution in [3.8, 4) is 5.75 Å². The minimum Gasteiger partial charge on any atom is -0.495 e. The normalized spacial score (nSPS) is 20.8. The smallest absolute Gasteiger partial charge is 0.227 e. The molecule has 0 radical (unpaired) electrons. The van der Waals surface area contributed by atoms with E-state index in [1.807, 2.05) is 25.1 Å². The van der Waals surface area contributed by atoms with Crippen molar-refractivity contribution < 1.29 is 14.3 Å². The maximum Gasteiger partial charge on any atom is 0.227 e. The van der Waals surface area contributed by atoms with E-state index in [0.717, 1.165) is 24.1 Å². The number of halogens is 1. The van der Waals surface area contributed by atoms with E-state index in [2.05, 4.69) is 5.32 Å². The second kappa shape index (κ2) is 8.06. The van der Waals surface area contributed by atoms with Crippen LogP contribution in [-0.4, -0.2) is 38.1 Å². The van der Waals surface area contributed by atoms with E-state index in [9.17, 15) is 9.59 Å². The Labute approximate surface area is 154 Å². The zero-order valence-corrected chi connectivity index (χ0v) is 15.5. The Morgan fingerprint density at radius 3 is 2.76 bits per heavy atom. The van der Waals surface area contributed by atoms with Crippen LogP contribution in [0.25, 0.3) is 0 Å². The molecule has 1 aliphatic heterocycles. The van der Waals surface area contributed by atoms with Crippen molar-refractivity contribution in [2.75, 3.05) is 25.1 Å². The Hall–Kier alpha value is -1.79. The van der Waals surface area contributed by atoms with Gasteiger partial charge in [-0.05, 0) is 43.4 Å². The number of amides is 2. The van der Waals surface area contributed by atoms with Crippen LogP contribution in [0.15, 0.2) is 18.2 Å². The fraction of sp³-hybridized carbons (Fsp3) is 0.556. The van der Waals surface area contributed by atoms with Crippen LogP contribution < -0.4 is 20.7 Å². The number of aryl methyl sites for hydroxylation is 1. The van der Waals surface area contributed by atoms with Crippen LogP contribution in [0.2, 0.25) is 0 Å². The molecule has 2 atom stereocenters. The first kappa shape index (κ1) is 19.5. The maximum atomic E-state index is 12.5. The fourth-order valence-electron chi connectivity index (χ4n) is 3.30. The van der Waals surface area contributed by atoms with E-state index < -0.39 is 0 Å². The quantitative estimate of drug-likeness (QED) is 0.800. The number of nitrogens with one attached hydrogen (secondary N) is 1. The number of methoxy groups -OCH3 is 1. The molecule has 2 fully saturated rings. The lowest BCUT2D eigenvalue weighted by Crippen LogP contribution is -2.45. The van der Waals surface area contributed by atoms with Gasteiger partial charge >= 0.3 is 0 Å². The molecule has 1 aromatic carbocycles. The minimum atomic E-state index is -0.337. The highest BCUT2D eigenvalue weighted by Crippen LogP contribution is 2.35. The summed E-state index contributed by atoms with van der Waals surface area (Å²) in [6, 6.07) is 5.75. The van der Waals surface area contributed by atoms with Crippen molar-refractivity contribution in [3.63, 3.8) is 0 Å². The summed E-state index contributed by atoms with van der Waals surface area (Å²) < 4.78 is 5.37. The van der Waals surface area contributed by atoms with Crippen LogP contribution in [-0.2, 0) is 9.59 Å². The van der Waals surface area contributed by atoms with Crippen LogP contribution in [0, 0.1) is 18.8 Å². The molecule has 3 N–H and O–H groups in total. The third-order valence-electron chi connectivity index (χ3n) is 4.89. The van der Waals surface area contributed by atoms with Gasteiger partial charge in [0.05, 0.1) is 18.7 Å². The Morgan fingerprint density at radius 2 is 2.16 bits per heavy atom. The van der Waals surface area contributed by atoms with E-state index in [0.29, 0.717) is 24.8 Å². The Bertz CT molecular complexity index is 648. The lowest BCUT2D eigenvalue weighted by molar-refractivity contribution is -0.127. The molecule has 25 heavy (non-hydrogen) atoms. The summed E-state index contributed by atoms with van der Waals surface area (Å²) in [4.78, 5) is 26.6. The lowest BCUT2D eigenvalue weighted by Gasteiger charge is -2.21. The van der Waals surface area contributed by atoms with Crippen molar-refractivity contribution in [2.45, 2.75) is 32.2 Å². The molecule has 1 heterocycles. The Kier molecular flexibility index (Phi) is 6.30. The molecule has 0 aromatic heterocycles. The highest BCUT2D eigenvalue weighted by Gasteiger charge is 2.38. The predicted octanol–water partition coefficient (Wildman–Crippen LogP) is 1.63. The average molecular weight is 368 g/mol. The van der Waals surface area contributed by atoms with Gasteiger partial charge in [0.1, 0.15) is 5.75 Å². The molecule has 1 saturated heterocycles. The predicted molar refractivity (Wildman–Crippen MR) is 99.1 cm³/mol. The lowest BCUT2D eigenvalue weighted by atomic mass is 10.1. The van der Waals surface area contributed by atoms with Crippen LogP contribution in [0.1, 0.15) is 24.8 Å². The molecule has 0 spiro atoms. The number of hydrogen-bond donors (Lipinski definition) is 2. The second-order valence-corrected chi connectivity index (χ2v) is 6.77. The maximum absolute atomic E-state index is 12.5. The summed E-state index contributed by atoms with van der Waals surface area (Å²) in [5.74, 6) is 0.696. The second-order valence-electron chi connectivity index (χ2n) is 6.77. The fourth-order valence-corrected chi connectivity index (χ4v) is 3.30. The number of hydrogen-bond acceptors (Lipinski definition) is 4. The van der Waals surface area contributed by atoms with E-state index in [1.165, 1.54) is 0 Å². The van der Waals surface area contributed by atoms with Gasteiger partial charge in [-0.2, -0.15) is 0 Å². The number of nitrogens with zero attached hydrogens (tertiary/aromatic N) is 1. The highest BCUT2D eigenvalue weighted by molar-refractivity contribution is 6.01. The van der Waals surface area contributed by atoms with E-state index in [-0.39, 0.29) is 42.6 Å². The molecule has 2 amide bonds. The molecule has 6 nitrogen and oxygen atoms in total. The largest absolute Gasteiger partial charge is 0.495 e. The van der Waals surface area contributed by atoms with Crippen LogP contribution >= 0.6 is 12.4 Å². The zero-order valence-electron chi connectivity index (χ0n) is 14.7. The number of carbonyl (C=O) groups excluding carboxylic acids is 2. The van der Waals surface area contributed by atoms with Crippen molar-refractivity contribution >= 4 is 29.9 Å². The summed E-state index contributed by atoms with van der Waals surface area (Å²) in [7, 11) is 1.58. The van der Waals surface area contributed by atoms with Crippen molar-refractivity contribution in [1.29, 1.82) is 0 Å². The van der Waals surface area contributed by atoms with Crippen molar-refractivity contribution in [1.82, 2.24) is 5.32 Å². The Balaban J connectivity index is 0.00000225. The van der Waals surface area contributed by atoms with Gasteiger partial charge in [-0.15, -0.1) is 12.4 Å². The van der Waals surface area contributed by atoms with Crippen LogP contribution in [0.3, 0.4) is 0 Å². The standard InChI is InChI=1S/C18H25N3O3.ClH/c1-11-3-6-16(24-2)15(7-11)21-10-13(8-17(21)22)18(23)20-14(9-19)12-4-5-12;/h3,6-7,12-14H,4-5,8-10,19H2,1-2H3,(H,20,23);1H. The van der Waals surface area contributed by atoms with E-state index >= 15 is 0 Å². The number of nitrogens with two attached hydrogens (primary N) is 1. The molecule has 1 saturated carbocycles. The first-order valence-corrected chi connectivity index (χ1v) is 8.49. The van der Waals surface area contributed by atoms with Gasteiger partial charge in [-0.1, -0.05) is 6.07 Å². The molecule has 1 aliphatic carbocycles. The number of carbonyl (C=O) groups is 2. The van der Waals surface area contributed by atoms with Gasteiger partial charge in [-0.3, -0.25) is 9.59 Å². The first-order valence-electron chi connectivity index (χ1n) is 8.49. The molecule has 3 rings (SSSR count). The first-order chi connectivity index (χ1) is 11.5. The zero-order chi connectivity index (χ0) is 17.3. The van der Waals surface area contributed by atoms with Crippen LogP contribution in [0.5, 0.6) is 5.75 Å². The van der Waals surface area contributed by atoms with Gasteiger partial charge in [0, 0.05) is 25.6 Å². The molecule has 138 valence electrons. The number of ether oxygens (including phenoxy) is 1. The molecule has 7 heteroatoms. The van der Waals surface area contributed by atoms with Crippen molar-refractivity contribution in [3.05, 3.63) is 23.8 Å².